The van der Waals surface area contributed by atoms with Gasteiger partial charge in [-0.05, 0) is 30.7 Å². The van der Waals surface area contributed by atoms with Crippen LogP contribution in [-0.4, -0.2) is 5.78 Å². The molecule has 0 radical (unpaired) electrons. The largest absolute Gasteiger partial charge is 0.489 e. The maximum absolute atomic E-state index is 11.0. The van der Waals surface area contributed by atoms with Crippen molar-refractivity contribution in [2.24, 2.45) is 0 Å². The number of benzene rings is 2. The van der Waals surface area contributed by atoms with Gasteiger partial charge in [0.1, 0.15) is 18.1 Å². The maximum Gasteiger partial charge on any atom is 0.134 e. The lowest BCUT2D eigenvalue weighted by molar-refractivity contribution is -0.116. The van der Waals surface area contributed by atoms with Crippen LogP contribution < -0.4 is 10.5 Å². The van der Waals surface area contributed by atoms with E-state index in [2.05, 4.69) is 0 Å². The molecular weight excluding hydrogens is 238 g/mol. The Bertz CT molecular complexity index is 561. The molecule has 19 heavy (non-hydrogen) atoms. The average Bonchev–Trinajstić information content (AvgIpc) is 2.39. The predicted octanol–water partition coefficient (Wildman–Crippen LogP) is 2.98. The molecular formula is C16H17NO2. The molecule has 98 valence electrons. The highest BCUT2D eigenvalue weighted by Crippen LogP contribution is 2.17. The number of ether oxygens (including phenoxy) is 1. The van der Waals surface area contributed by atoms with Crippen molar-refractivity contribution < 1.29 is 9.53 Å². The molecule has 2 aromatic carbocycles. The molecule has 0 unspecified atom stereocenters. The number of nitrogens with two attached hydrogens (primary N) is 1. The smallest absolute Gasteiger partial charge is 0.134 e. The molecule has 0 aliphatic carbocycles. The molecule has 0 saturated carbocycles. The van der Waals surface area contributed by atoms with Crippen LogP contribution >= 0.6 is 0 Å². The van der Waals surface area contributed by atoms with Crippen molar-refractivity contribution in [2.75, 3.05) is 5.73 Å². The lowest BCUT2D eigenvalue weighted by Crippen LogP contribution is -2.00. The van der Waals surface area contributed by atoms with E-state index < -0.39 is 0 Å². The Morgan fingerprint density at radius 1 is 1.11 bits per heavy atom. The van der Waals surface area contributed by atoms with Crippen molar-refractivity contribution in [2.45, 2.75) is 20.0 Å². The number of anilines is 1. The maximum atomic E-state index is 11.0. The lowest BCUT2D eigenvalue weighted by Gasteiger charge is -2.08. The van der Waals surface area contributed by atoms with E-state index in [1.54, 1.807) is 6.92 Å². The summed E-state index contributed by atoms with van der Waals surface area (Å²) in [5.74, 6) is 0.932. The minimum atomic E-state index is 0.158. The first kappa shape index (κ1) is 13.1. The Morgan fingerprint density at radius 3 is 2.42 bits per heavy atom. The van der Waals surface area contributed by atoms with Crippen LogP contribution in [0.3, 0.4) is 0 Å². The van der Waals surface area contributed by atoms with E-state index in [1.165, 1.54) is 0 Å². The fourth-order valence-corrected chi connectivity index (χ4v) is 1.82. The second-order valence-corrected chi connectivity index (χ2v) is 4.51. The molecule has 0 heterocycles. The van der Waals surface area contributed by atoms with Gasteiger partial charge in [-0.2, -0.15) is 0 Å². The highest BCUT2D eigenvalue weighted by Gasteiger charge is 2.01. The third-order valence-corrected chi connectivity index (χ3v) is 2.83. The van der Waals surface area contributed by atoms with Gasteiger partial charge in [-0.25, -0.2) is 0 Å². The summed E-state index contributed by atoms with van der Waals surface area (Å²) in [6.07, 6.45) is 0.464. The zero-order valence-electron chi connectivity index (χ0n) is 10.9. The van der Waals surface area contributed by atoms with Crippen LogP contribution in [0.1, 0.15) is 18.1 Å². The molecule has 0 aromatic heterocycles. The summed E-state index contributed by atoms with van der Waals surface area (Å²) in [5, 5.41) is 0. The number of carbonyl (C=O) groups is 1. The fraction of sp³-hybridized carbons (Fsp3) is 0.188. The molecule has 2 rings (SSSR count). The van der Waals surface area contributed by atoms with Crippen LogP contribution in [0.4, 0.5) is 5.69 Å². The van der Waals surface area contributed by atoms with Gasteiger partial charge >= 0.3 is 0 Å². The SMILES string of the molecule is CC(=O)Cc1ccc(OCc2ccccc2N)cc1. The van der Waals surface area contributed by atoms with Gasteiger partial charge < -0.3 is 10.5 Å². The van der Waals surface area contributed by atoms with Crippen molar-refractivity contribution in [1.82, 2.24) is 0 Å². The van der Waals surface area contributed by atoms with Gasteiger partial charge in [0.05, 0.1) is 0 Å². The van der Waals surface area contributed by atoms with E-state index in [4.69, 9.17) is 10.5 Å². The summed E-state index contributed by atoms with van der Waals surface area (Å²) in [6.45, 7) is 2.03. The molecule has 0 aliphatic heterocycles. The molecule has 3 heteroatoms. The average molecular weight is 255 g/mol. The Balaban J connectivity index is 1.97. The molecule has 0 fully saturated rings. The Labute approximate surface area is 113 Å². The van der Waals surface area contributed by atoms with Crippen molar-refractivity contribution in [3.05, 3.63) is 59.7 Å². The van der Waals surface area contributed by atoms with E-state index >= 15 is 0 Å². The van der Waals surface area contributed by atoms with Gasteiger partial charge in [-0.15, -0.1) is 0 Å². The quantitative estimate of drug-likeness (QED) is 0.836. The summed E-state index contributed by atoms with van der Waals surface area (Å²) in [6, 6.07) is 15.2. The second-order valence-electron chi connectivity index (χ2n) is 4.51. The number of hydrogen-bond donors (Lipinski definition) is 1. The second kappa shape index (κ2) is 6.05. The van der Waals surface area contributed by atoms with Crippen LogP contribution in [0.5, 0.6) is 5.75 Å². The molecule has 2 aromatic rings. The molecule has 0 atom stereocenters. The lowest BCUT2D eigenvalue weighted by atomic mass is 10.1. The first-order valence-corrected chi connectivity index (χ1v) is 6.19. The first-order valence-electron chi connectivity index (χ1n) is 6.19. The summed E-state index contributed by atoms with van der Waals surface area (Å²) in [5.41, 5.74) is 8.55. The van der Waals surface area contributed by atoms with Crippen molar-refractivity contribution in [1.29, 1.82) is 0 Å². The Hall–Kier alpha value is -2.29. The number of para-hydroxylation sites is 1. The molecule has 2 N–H and O–H groups in total. The molecule has 0 amide bonds. The number of ketones is 1. The molecule has 3 nitrogen and oxygen atoms in total. The standard InChI is InChI=1S/C16H17NO2/c1-12(18)10-13-6-8-15(9-7-13)19-11-14-4-2-3-5-16(14)17/h2-9H,10-11,17H2,1H3. The van der Waals surface area contributed by atoms with Gasteiger partial charge in [0.15, 0.2) is 0 Å². The normalized spacial score (nSPS) is 10.2. The third-order valence-electron chi connectivity index (χ3n) is 2.83. The van der Waals surface area contributed by atoms with Gasteiger partial charge in [-0.1, -0.05) is 30.3 Å². The fourth-order valence-electron chi connectivity index (χ4n) is 1.82. The highest BCUT2D eigenvalue weighted by atomic mass is 16.5. The first-order chi connectivity index (χ1) is 9.15. The molecule has 0 saturated heterocycles. The zero-order valence-corrected chi connectivity index (χ0v) is 10.9. The van der Waals surface area contributed by atoms with Crippen LogP contribution in [0.25, 0.3) is 0 Å². The van der Waals surface area contributed by atoms with Crippen LogP contribution in [0, 0.1) is 0 Å². The van der Waals surface area contributed by atoms with Crippen LogP contribution in [0.15, 0.2) is 48.5 Å². The van der Waals surface area contributed by atoms with Crippen LogP contribution in [-0.2, 0) is 17.8 Å². The summed E-state index contributed by atoms with van der Waals surface area (Å²) in [4.78, 5) is 11.0. The monoisotopic (exact) mass is 255 g/mol. The number of rotatable bonds is 5. The summed E-state index contributed by atoms with van der Waals surface area (Å²) < 4.78 is 5.67. The number of Topliss-reactive ketones (excluding diaryl/α,β-unsaturated/α-hetero) is 1. The van der Waals surface area contributed by atoms with Crippen molar-refractivity contribution in [3.63, 3.8) is 0 Å². The van der Waals surface area contributed by atoms with Gasteiger partial charge in [0, 0.05) is 17.7 Å². The van der Waals surface area contributed by atoms with Gasteiger partial charge in [0.25, 0.3) is 0 Å². The minimum Gasteiger partial charge on any atom is -0.489 e. The van der Waals surface area contributed by atoms with E-state index in [0.717, 1.165) is 22.6 Å². The van der Waals surface area contributed by atoms with Crippen molar-refractivity contribution >= 4 is 11.5 Å². The number of carbonyl (C=O) groups excluding carboxylic acids is 1. The summed E-state index contributed by atoms with van der Waals surface area (Å²) >= 11 is 0. The Morgan fingerprint density at radius 2 is 1.79 bits per heavy atom. The minimum absolute atomic E-state index is 0.158. The van der Waals surface area contributed by atoms with Crippen LogP contribution in [0.2, 0.25) is 0 Å². The topological polar surface area (TPSA) is 52.3 Å². The number of hydrogen-bond acceptors (Lipinski definition) is 3. The Kier molecular flexibility index (Phi) is 4.18. The zero-order chi connectivity index (χ0) is 13.7. The van der Waals surface area contributed by atoms with Gasteiger partial charge in [0.2, 0.25) is 0 Å². The highest BCUT2D eigenvalue weighted by molar-refractivity contribution is 5.78. The molecule has 0 bridgehead atoms. The van der Waals surface area contributed by atoms with E-state index in [9.17, 15) is 4.79 Å². The van der Waals surface area contributed by atoms with E-state index in [1.807, 2.05) is 48.5 Å². The predicted molar refractivity (Wildman–Crippen MR) is 76.0 cm³/mol. The van der Waals surface area contributed by atoms with E-state index in [0.29, 0.717) is 13.0 Å². The number of nitrogen functional groups attached to an aromatic ring is 1. The molecule has 0 spiro atoms. The molecule has 0 aliphatic rings. The summed E-state index contributed by atoms with van der Waals surface area (Å²) in [7, 11) is 0. The van der Waals surface area contributed by atoms with E-state index in [-0.39, 0.29) is 5.78 Å². The van der Waals surface area contributed by atoms with Gasteiger partial charge in [-0.3, -0.25) is 4.79 Å². The third kappa shape index (κ3) is 3.85. The van der Waals surface area contributed by atoms with Crippen molar-refractivity contribution in [3.8, 4) is 5.75 Å².